The normalized spacial score (nSPS) is 11.6. The van der Waals surface area contributed by atoms with E-state index in [1.807, 2.05) is 6.92 Å². The molecule has 1 amide bonds. The summed E-state index contributed by atoms with van der Waals surface area (Å²) in [6.45, 7) is 12.8. The molecule has 6 heteroatoms. The van der Waals surface area contributed by atoms with E-state index in [1.54, 1.807) is 32.2 Å². The quantitative estimate of drug-likeness (QED) is 0.490. The lowest BCUT2D eigenvalue weighted by atomic mass is 9.84. The first-order valence-corrected chi connectivity index (χ1v) is 10.5. The predicted molar refractivity (Wildman–Crippen MR) is 115 cm³/mol. The van der Waals surface area contributed by atoms with Crippen LogP contribution in [0.1, 0.15) is 71.2 Å². The van der Waals surface area contributed by atoms with E-state index in [1.165, 1.54) is 0 Å². The zero-order valence-electron chi connectivity index (χ0n) is 19.0. The predicted octanol–water partition coefficient (Wildman–Crippen LogP) is 5.07. The summed E-state index contributed by atoms with van der Waals surface area (Å²) in [6, 6.07) is 5.03. The fourth-order valence-corrected chi connectivity index (χ4v) is 3.41. The Balaban J connectivity index is 3.20. The third kappa shape index (κ3) is 7.35. The van der Waals surface area contributed by atoms with Gasteiger partial charge in [-0.2, -0.15) is 0 Å². The molecular formula is C23H37NO5. The number of anilines is 1. The van der Waals surface area contributed by atoms with Crippen LogP contribution in [0.2, 0.25) is 0 Å². The van der Waals surface area contributed by atoms with Crippen LogP contribution in [0.5, 0.6) is 5.75 Å². The molecule has 0 aliphatic rings. The summed E-state index contributed by atoms with van der Waals surface area (Å²) in [7, 11) is 1.58. The van der Waals surface area contributed by atoms with E-state index >= 15 is 0 Å². The van der Waals surface area contributed by atoms with Gasteiger partial charge in [-0.05, 0) is 56.2 Å². The Morgan fingerprint density at radius 1 is 1.07 bits per heavy atom. The number of esters is 1. The minimum atomic E-state index is -0.927. The maximum Gasteiger partial charge on any atom is 0.341 e. The van der Waals surface area contributed by atoms with Gasteiger partial charge < -0.3 is 19.5 Å². The lowest BCUT2D eigenvalue weighted by Gasteiger charge is -2.34. The Morgan fingerprint density at radius 2 is 1.69 bits per heavy atom. The number of ether oxygens (including phenoxy) is 3. The third-order valence-electron chi connectivity index (χ3n) is 4.47. The first-order chi connectivity index (χ1) is 13.7. The van der Waals surface area contributed by atoms with E-state index in [0.29, 0.717) is 48.3 Å². The summed E-state index contributed by atoms with van der Waals surface area (Å²) in [6.07, 6.45) is 2.04. The Morgan fingerprint density at radius 3 is 2.17 bits per heavy atom. The Labute approximate surface area is 175 Å². The Hall–Kier alpha value is -2.08. The molecule has 164 valence electrons. The molecule has 0 radical (unpaired) electrons. The van der Waals surface area contributed by atoms with Crippen molar-refractivity contribution in [2.24, 2.45) is 11.8 Å². The fourth-order valence-electron chi connectivity index (χ4n) is 3.41. The molecule has 0 saturated heterocycles. The first kappa shape index (κ1) is 25.0. The second-order valence-electron chi connectivity index (χ2n) is 8.13. The van der Waals surface area contributed by atoms with Gasteiger partial charge in [-0.3, -0.25) is 4.79 Å². The van der Waals surface area contributed by atoms with E-state index in [4.69, 9.17) is 14.2 Å². The molecule has 1 aromatic rings. The molecule has 0 fully saturated rings. The smallest absolute Gasteiger partial charge is 0.341 e. The molecule has 0 saturated carbocycles. The van der Waals surface area contributed by atoms with Gasteiger partial charge in [0, 0.05) is 12.8 Å². The molecule has 29 heavy (non-hydrogen) atoms. The SMILES string of the molecule is CCCOc1ccc(NC(=O)C(CC(C)C)(CC(C)C)OC)cc1C(=O)OCC. The van der Waals surface area contributed by atoms with E-state index in [-0.39, 0.29) is 12.5 Å². The summed E-state index contributed by atoms with van der Waals surface area (Å²) in [5, 5.41) is 2.94. The van der Waals surface area contributed by atoms with Gasteiger partial charge in [0.1, 0.15) is 16.9 Å². The zero-order chi connectivity index (χ0) is 22.0. The molecule has 1 N–H and O–H groups in total. The highest BCUT2D eigenvalue weighted by Gasteiger charge is 2.39. The molecule has 6 nitrogen and oxygen atoms in total. The molecule has 0 bridgehead atoms. The molecule has 0 aromatic heterocycles. The Bertz CT molecular complexity index is 659. The largest absolute Gasteiger partial charge is 0.493 e. The molecular weight excluding hydrogens is 370 g/mol. The maximum atomic E-state index is 13.2. The van der Waals surface area contributed by atoms with Crippen LogP contribution in [-0.4, -0.2) is 37.8 Å². The van der Waals surface area contributed by atoms with Crippen molar-refractivity contribution in [1.29, 1.82) is 0 Å². The average molecular weight is 408 g/mol. The number of hydrogen-bond donors (Lipinski definition) is 1. The van der Waals surface area contributed by atoms with E-state index in [9.17, 15) is 9.59 Å². The fraction of sp³-hybridized carbons (Fsp3) is 0.652. The van der Waals surface area contributed by atoms with Gasteiger partial charge in [0.2, 0.25) is 0 Å². The van der Waals surface area contributed by atoms with Crippen LogP contribution in [0.4, 0.5) is 5.69 Å². The monoisotopic (exact) mass is 407 g/mol. The second kappa shape index (κ2) is 11.8. The molecule has 1 aromatic carbocycles. The van der Waals surface area contributed by atoms with Crippen LogP contribution in [0.15, 0.2) is 18.2 Å². The van der Waals surface area contributed by atoms with Gasteiger partial charge in [-0.15, -0.1) is 0 Å². The zero-order valence-corrected chi connectivity index (χ0v) is 19.0. The number of carbonyl (C=O) groups excluding carboxylic acids is 2. The maximum absolute atomic E-state index is 13.2. The van der Waals surface area contributed by atoms with Crippen LogP contribution < -0.4 is 10.1 Å². The van der Waals surface area contributed by atoms with Crippen molar-refractivity contribution in [3.8, 4) is 5.75 Å². The number of carbonyl (C=O) groups is 2. The molecule has 0 aliphatic heterocycles. The lowest BCUT2D eigenvalue weighted by molar-refractivity contribution is -0.142. The minimum absolute atomic E-state index is 0.209. The Kier molecular flexibility index (Phi) is 10.2. The van der Waals surface area contributed by atoms with Crippen LogP contribution in [0.3, 0.4) is 0 Å². The van der Waals surface area contributed by atoms with Crippen molar-refractivity contribution in [3.63, 3.8) is 0 Å². The topological polar surface area (TPSA) is 73.9 Å². The van der Waals surface area contributed by atoms with E-state index in [0.717, 1.165) is 6.42 Å². The summed E-state index contributed by atoms with van der Waals surface area (Å²) < 4.78 is 16.6. The van der Waals surface area contributed by atoms with Gasteiger partial charge in [-0.1, -0.05) is 34.6 Å². The highest BCUT2D eigenvalue weighted by molar-refractivity contribution is 5.99. The van der Waals surface area contributed by atoms with Crippen molar-refractivity contribution < 1.29 is 23.8 Å². The number of hydrogen-bond acceptors (Lipinski definition) is 5. The van der Waals surface area contributed by atoms with Gasteiger partial charge in [0.15, 0.2) is 0 Å². The van der Waals surface area contributed by atoms with E-state index in [2.05, 4.69) is 33.0 Å². The van der Waals surface area contributed by atoms with Crippen molar-refractivity contribution >= 4 is 17.6 Å². The highest BCUT2D eigenvalue weighted by Crippen LogP contribution is 2.31. The van der Waals surface area contributed by atoms with Crippen molar-refractivity contribution in [3.05, 3.63) is 23.8 Å². The molecule has 0 heterocycles. The average Bonchev–Trinajstić information content (AvgIpc) is 2.65. The number of nitrogens with one attached hydrogen (secondary N) is 1. The third-order valence-corrected chi connectivity index (χ3v) is 4.47. The van der Waals surface area contributed by atoms with Crippen molar-refractivity contribution in [2.75, 3.05) is 25.6 Å². The van der Waals surface area contributed by atoms with Crippen LogP contribution >= 0.6 is 0 Å². The van der Waals surface area contributed by atoms with Crippen LogP contribution in [-0.2, 0) is 14.3 Å². The molecule has 0 spiro atoms. The van der Waals surface area contributed by atoms with Gasteiger partial charge >= 0.3 is 5.97 Å². The van der Waals surface area contributed by atoms with Crippen LogP contribution in [0.25, 0.3) is 0 Å². The molecule has 0 aliphatic carbocycles. The first-order valence-electron chi connectivity index (χ1n) is 10.5. The highest BCUT2D eigenvalue weighted by atomic mass is 16.5. The number of amides is 1. The van der Waals surface area contributed by atoms with Gasteiger partial charge in [0.05, 0.1) is 13.2 Å². The number of rotatable bonds is 12. The van der Waals surface area contributed by atoms with Crippen molar-refractivity contribution in [2.45, 2.75) is 66.4 Å². The molecule has 0 atom stereocenters. The minimum Gasteiger partial charge on any atom is -0.493 e. The number of benzene rings is 1. The summed E-state index contributed by atoms with van der Waals surface area (Å²) in [5.41, 5.74) is -0.117. The standard InChI is InChI=1S/C23H37NO5/c1-8-12-29-20-11-10-18(13-19(20)21(25)28-9-2)24-22(26)23(27-7,14-16(3)4)15-17(5)6/h10-11,13,16-17H,8-9,12,14-15H2,1-7H3,(H,24,26). The second-order valence-corrected chi connectivity index (χ2v) is 8.13. The molecule has 0 unspecified atom stereocenters. The summed E-state index contributed by atoms with van der Waals surface area (Å²) in [4.78, 5) is 25.6. The van der Waals surface area contributed by atoms with Crippen LogP contribution in [0, 0.1) is 11.8 Å². The van der Waals surface area contributed by atoms with Gasteiger partial charge in [-0.25, -0.2) is 4.79 Å². The van der Waals surface area contributed by atoms with Crippen molar-refractivity contribution in [1.82, 2.24) is 0 Å². The summed E-state index contributed by atoms with van der Waals surface area (Å²) in [5.74, 6) is 0.348. The summed E-state index contributed by atoms with van der Waals surface area (Å²) >= 11 is 0. The number of methoxy groups -OCH3 is 1. The van der Waals surface area contributed by atoms with E-state index < -0.39 is 11.6 Å². The molecule has 1 rings (SSSR count). The lowest BCUT2D eigenvalue weighted by Crippen LogP contribution is -2.47. The van der Waals surface area contributed by atoms with Gasteiger partial charge in [0.25, 0.3) is 5.91 Å².